The number of carbonyl (C=O) groups is 2. The number of hydrogen-bond acceptors (Lipinski definition) is 5. The first-order valence-electron chi connectivity index (χ1n) is 8.35. The molecule has 1 aliphatic rings. The van der Waals surface area contributed by atoms with Crippen LogP contribution in [0.4, 0.5) is 11.4 Å². The van der Waals surface area contributed by atoms with Gasteiger partial charge in [-0.3, -0.25) is 14.6 Å². The number of amides is 2. The predicted molar refractivity (Wildman–Crippen MR) is 93.5 cm³/mol. The Labute approximate surface area is 146 Å². The molecule has 2 aromatic heterocycles. The van der Waals surface area contributed by atoms with Crippen molar-refractivity contribution in [3.05, 3.63) is 36.0 Å². The summed E-state index contributed by atoms with van der Waals surface area (Å²) in [6, 6.07) is 3.36. The Morgan fingerprint density at radius 1 is 1.44 bits per heavy atom. The third-order valence-electron chi connectivity index (χ3n) is 4.33. The molecule has 0 saturated heterocycles. The van der Waals surface area contributed by atoms with Gasteiger partial charge in [-0.05, 0) is 12.5 Å². The second kappa shape index (κ2) is 6.31. The Kier molecular flexibility index (Phi) is 4.32. The Balaban J connectivity index is 2.00. The average Bonchev–Trinajstić information content (AvgIpc) is 3.01. The highest BCUT2D eigenvalue weighted by atomic mass is 16.5. The summed E-state index contributed by atoms with van der Waals surface area (Å²) in [5.41, 5.74) is 1.12. The maximum absolute atomic E-state index is 13.1. The second-order valence-electron chi connectivity index (χ2n) is 7.23. The molecule has 1 unspecified atom stereocenters. The standard InChI is InChI=1S/C18H22N4O3/c1-5-11-10-22(14-9-19-7-6-12(14)20-16(11)23)17(24)13-8-15(25-21-13)18(2,3)4/h6-9,11H,5,10H2,1-4H3,(H,20,23). The van der Waals surface area contributed by atoms with Crippen molar-refractivity contribution in [3.8, 4) is 0 Å². The Hall–Kier alpha value is -2.70. The van der Waals surface area contributed by atoms with Crippen LogP contribution in [0.15, 0.2) is 29.0 Å². The van der Waals surface area contributed by atoms with Crippen LogP contribution < -0.4 is 10.2 Å². The van der Waals surface area contributed by atoms with Crippen molar-refractivity contribution in [1.29, 1.82) is 0 Å². The fourth-order valence-corrected chi connectivity index (χ4v) is 2.72. The van der Waals surface area contributed by atoms with Crippen molar-refractivity contribution >= 4 is 23.2 Å². The molecule has 1 atom stereocenters. The lowest BCUT2D eigenvalue weighted by molar-refractivity contribution is -0.119. The quantitative estimate of drug-likeness (QED) is 0.906. The average molecular weight is 342 g/mol. The first-order chi connectivity index (χ1) is 11.8. The number of carbonyl (C=O) groups excluding carboxylic acids is 2. The van der Waals surface area contributed by atoms with Gasteiger partial charge in [0.15, 0.2) is 5.69 Å². The van der Waals surface area contributed by atoms with Crippen LogP contribution >= 0.6 is 0 Å². The molecule has 3 rings (SSSR count). The number of pyridine rings is 1. The van der Waals surface area contributed by atoms with Crippen molar-refractivity contribution in [3.63, 3.8) is 0 Å². The fourth-order valence-electron chi connectivity index (χ4n) is 2.72. The second-order valence-corrected chi connectivity index (χ2v) is 7.23. The van der Waals surface area contributed by atoms with E-state index in [0.29, 0.717) is 23.6 Å². The number of nitrogens with zero attached hydrogens (tertiary/aromatic N) is 3. The van der Waals surface area contributed by atoms with Crippen LogP contribution in [-0.4, -0.2) is 28.5 Å². The van der Waals surface area contributed by atoms with E-state index in [9.17, 15) is 9.59 Å². The summed E-state index contributed by atoms with van der Waals surface area (Å²) in [6.45, 7) is 8.17. The normalized spacial score (nSPS) is 17.7. The number of rotatable bonds is 2. The van der Waals surface area contributed by atoms with E-state index < -0.39 is 0 Å². The molecule has 1 N–H and O–H groups in total. The first-order valence-corrected chi connectivity index (χ1v) is 8.35. The summed E-state index contributed by atoms with van der Waals surface area (Å²) >= 11 is 0. The lowest BCUT2D eigenvalue weighted by Gasteiger charge is -2.22. The van der Waals surface area contributed by atoms with Gasteiger partial charge < -0.3 is 14.7 Å². The van der Waals surface area contributed by atoms with Crippen molar-refractivity contribution in [2.45, 2.75) is 39.5 Å². The van der Waals surface area contributed by atoms with E-state index in [1.807, 2.05) is 27.7 Å². The van der Waals surface area contributed by atoms with E-state index in [-0.39, 0.29) is 35.4 Å². The zero-order valence-corrected chi connectivity index (χ0v) is 14.9. The highest BCUT2D eigenvalue weighted by molar-refractivity contribution is 6.09. The maximum atomic E-state index is 13.1. The van der Waals surface area contributed by atoms with Gasteiger partial charge in [-0.25, -0.2) is 0 Å². The summed E-state index contributed by atoms with van der Waals surface area (Å²) in [5.74, 6) is -0.0621. The van der Waals surface area contributed by atoms with Crippen molar-refractivity contribution < 1.29 is 14.1 Å². The van der Waals surface area contributed by atoms with Crippen LogP contribution in [0, 0.1) is 5.92 Å². The van der Waals surface area contributed by atoms with Crippen LogP contribution in [0.1, 0.15) is 50.4 Å². The summed E-state index contributed by atoms with van der Waals surface area (Å²) in [7, 11) is 0. The lowest BCUT2D eigenvalue weighted by Crippen LogP contribution is -2.37. The minimum absolute atomic E-state index is 0.0965. The van der Waals surface area contributed by atoms with Crippen LogP contribution in [-0.2, 0) is 10.2 Å². The largest absolute Gasteiger partial charge is 0.360 e. The van der Waals surface area contributed by atoms with Gasteiger partial charge in [0.1, 0.15) is 5.76 Å². The van der Waals surface area contributed by atoms with Gasteiger partial charge in [-0.15, -0.1) is 0 Å². The highest BCUT2D eigenvalue weighted by Crippen LogP contribution is 2.31. The Morgan fingerprint density at radius 3 is 2.84 bits per heavy atom. The van der Waals surface area contributed by atoms with E-state index in [2.05, 4.69) is 15.5 Å². The molecule has 7 nitrogen and oxygen atoms in total. The zero-order valence-electron chi connectivity index (χ0n) is 14.9. The molecule has 132 valence electrons. The van der Waals surface area contributed by atoms with Crippen LogP contribution in [0.2, 0.25) is 0 Å². The molecule has 0 aromatic carbocycles. The smallest absolute Gasteiger partial charge is 0.280 e. The molecular formula is C18H22N4O3. The van der Waals surface area contributed by atoms with Gasteiger partial charge in [0, 0.05) is 24.2 Å². The molecule has 0 bridgehead atoms. The van der Waals surface area contributed by atoms with E-state index in [4.69, 9.17) is 4.52 Å². The molecule has 2 aromatic rings. The monoisotopic (exact) mass is 342 g/mol. The SMILES string of the molecule is CCC1CN(C(=O)c2cc(C(C)(C)C)on2)c2cnccc2NC1=O. The summed E-state index contributed by atoms with van der Waals surface area (Å²) < 4.78 is 5.34. The molecular weight excluding hydrogens is 320 g/mol. The van der Waals surface area contributed by atoms with E-state index in [0.717, 1.165) is 0 Å². The highest BCUT2D eigenvalue weighted by Gasteiger charge is 2.33. The van der Waals surface area contributed by atoms with Gasteiger partial charge in [0.05, 0.1) is 23.5 Å². The van der Waals surface area contributed by atoms with E-state index >= 15 is 0 Å². The molecule has 0 spiro atoms. The minimum Gasteiger partial charge on any atom is -0.360 e. The lowest BCUT2D eigenvalue weighted by atomic mass is 9.93. The third-order valence-corrected chi connectivity index (χ3v) is 4.33. The third kappa shape index (κ3) is 3.26. The molecule has 25 heavy (non-hydrogen) atoms. The van der Waals surface area contributed by atoms with E-state index in [1.165, 1.54) is 0 Å². The first kappa shape index (κ1) is 17.1. The molecule has 0 fully saturated rings. The van der Waals surface area contributed by atoms with Crippen molar-refractivity contribution in [2.75, 3.05) is 16.8 Å². The van der Waals surface area contributed by atoms with Crippen LogP contribution in [0.25, 0.3) is 0 Å². The number of aromatic nitrogens is 2. The van der Waals surface area contributed by atoms with Crippen LogP contribution in [0.5, 0.6) is 0 Å². The summed E-state index contributed by atoms with van der Waals surface area (Å²) in [5, 5.41) is 6.81. The zero-order chi connectivity index (χ0) is 18.2. The van der Waals surface area contributed by atoms with E-state index in [1.54, 1.807) is 29.4 Å². The predicted octanol–water partition coefficient (Wildman–Crippen LogP) is 2.99. The number of fused-ring (bicyclic) bond motifs is 1. The molecule has 0 radical (unpaired) electrons. The number of hydrogen-bond donors (Lipinski definition) is 1. The molecule has 1 aliphatic heterocycles. The minimum atomic E-state index is -0.302. The molecule has 2 amide bonds. The van der Waals surface area contributed by atoms with Gasteiger partial charge >= 0.3 is 0 Å². The Morgan fingerprint density at radius 2 is 2.20 bits per heavy atom. The van der Waals surface area contributed by atoms with Gasteiger partial charge in [0.2, 0.25) is 5.91 Å². The molecule has 3 heterocycles. The topological polar surface area (TPSA) is 88.3 Å². The maximum Gasteiger partial charge on any atom is 0.280 e. The Bertz CT molecular complexity index is 807. The van der Waals surface area contributed by atoms with Gasteiger partial charge in [0.25, 0.3) is 5.91 Å². The van der Waals surface area contributed by atoms with Crippen molar-refractivity contribution in [1.82, 2.24) is 10.1 Å². The molecule has 0 saturated carbocycles. The van der Waals surface area contributed by atoms with Crippen molar-refractivity contribution in [2.24, 2.45) is 5.92 Å². The van der Waals surface area contributed by atoms with Gasteiger partial charge in [-0.1, -0.05) is 32.9 Å². The van der Waals surface area contributed by atoms with Crippen LogP contribution in [0.3, 0.4) is 0 Å². The fraction of sp³-hybridized carbons (Fsp3) is 0.444. The number of nitrogens with one attached hydrogen (secondary N) is 1. The molecule has 7 heteroatoms. The summed E-state index contributed by atoms with van der Waals surface area (Å²) in [6.07, 6.45) is 3.79. The number of anilines is 2. The summed E-state index contributed by atoms with van der Waals surface area (Å²) in [4.78, 5) is 31.1. The van der Waals surface area contributed by atoms with Gasteiger partial charge in [-0.2, -0.15) is 0 Å². The molecule has 0 aliphatic carbocycles.